The normalized spacial score (nSPS) is 24.9. The maximum atomic E-state index is 12.6. The highest BCUT2D eigenvalue weighted by atomic mass is 16.6. The summed E-state index contributed by atoms with van der Waals surface area (Å²) in [6.07, 6.45) is 12.9. The van der Waals surface area contributed by atoms with Gasteiger partial charge in [-0.3, -0.25) is 4.79 Å². The fourth-order valence-corrected chi connectivity index (χ4v) is 3.78. The second kappa shape index (κ2) is 6.73. The minimum absolute atomic E-state index is 0.00926. The molecule has 2 aliphatic carbocycles. The molecule has 0 N–H and O–H groups in total. The standard InChI is InChI=1S/C17H28O3/c1-16(9-4-2-5-10-16)15(19)20-17(13-8-14-18)11-6-3-7-12-17/h14H,2-13H2,1H3. The van der Waals surface area contributed by atoms with Crippen molar-refractivity contribution in [1.82, 2.24) is 0 Å². The topological polar surface area (TPSA) is 43.4 Å². The molecule has 0 bridgehead atoms. The molecule has 0 spiro atoms. The Hall–Kier alpha value is -0.860. The molecule has 0 aliphatic heterocycles. The van der Waals surface area contributed by atoms with Gasteiger partial charge in [0.1, 0.15) is 11.9 Å². The Morgan fingerprint density at radius 1 is 1.00 bits per heavy atom. The summed E-state index contributed by atoms with van der Waals surface area (Å²) in [4.78, 5) is 23.3. The molecule has 0 aromatic heterocycles. The number of esters is 1. The lowest BCUT2D eigenvalue weighted by Gasteiger charge is -2.40. The van der Waals surface area contributed by atoms with Gasteiger partial charge >= 0.3 is 5.97 Å². The number of hydrogen-bond acceptors (Lipinski definition) is 3. The van der Waals surface area contributed by atoms with Gasteiger partial charge < -0.3 is 9.53 Å². The second-order valence-corrected chi connectivity index (χ2v) is 6.96. The van der Waals surface area contributed by atoms with Crippen molar-refractivity contribution in [1.29, 1.82) is 0 Å². The van der Waals surface area contributed by atoms with Crippen molar-refractivity contribution in [3.05, 3.63) is 0 Å². The molecule has 0 amide bonds. The number of carbonyl (C=O) groups excluding carboxylic acids is 2. The van der Waals surface area contributed by atoms with Crippen LogP contribution in [0.15, 0.2) is 0 Å². The third kappa shape index (κ3) is 3.62. The van der Waals surface area contributed by atoms with Crippen LogP contribution in [0.3, 0.4) is 0 Å². The first-order chi connectivity index (χ1) is 9.60. The summed E-state index contributed by atoms with van der Waals surface area (Å²) in [5, 5.41) is 0. The van der Waals surface area contributed by atoms with Gasteiger partial charge in [0.05, 0.1) is 5.41 Å². The molecule has 0 aromatic rings. The van der Waals surface area contributed by atoms with Crippen LogP contribution in [0.5, 0.6) is 0 Å². The van der Waals surface area contributed by atoms with Crippen LogP contribution in [-0.4, -0.2) is 17.9 Å². The van der Waals surface area contributed by atoms with Gasteiger partial charge in [0, 0.05) is 6.42 Å². The van der Waals surface area contributed by atoms with Gasteiger partial charge in [0.2, 0.25) is 0 Å². The van der Waals surface area contributed by atoms with Gasteiger partial charge in [-0.2, -0.15) is 0 Å². The molecular formula is C17H28O3. The van der Waals surface area contributed by atoms with Crippen molar-refractivity contribution in [3.63, 3.8) is 0 Å². The van der Waals surface area contributed by atoms with Gasteiger partial charge in [0.15, 0.2) is 0 Å². The minimum atomic E-state index is -0.350. The molecule has 0 unspecified atom stereocenters. The first-order valence-electron chi connectivity index (χ1n) is 8.27. The third-order valence-electron chi connectivity index (χ3n) is 5.24. The Kier molecular flexibility index (Phi) is 5.22. The van der Waals surface area contributed by atoms with E-state index in [-0.39, 0.29) is 17.0 Å². The Morgan fingerprint density at radius 3 is 2.10 bits per heavy atom. The first kappa shape index (κ1) is 15.5. The van der Waals surface area contributed by atoms with Crippen LogP contribution in [0.4, 0.5) is 0 Å². The van der Waals surface area contributed by atoms with Crippen molar-refractivity contribution in [2.75, 3.05) is 0 Å². The molecule has 0 radical (unpaired) electrons. The van der Waals surface area contributed by atoms with E-state index in [0.29, 0.717) is 12.8 Å². The lowest BCUT2D eigenvalue weighted by Crippen LogP contribution is -2.43. The highest BCUT2D eigenvalue weighted by molar-refractivity contribution is 5.77. The molecule has 2 rings (SSSR count). The number of rotatable bonds is 5. The fraction of sp³-hybridized carbons (Fsp3) is 0.882. The van der Waals surface area contributed by atoms with Gasteiger partial charge in [-0.15, -0.1) is 0 Å². The SMILES string of the molecule is CC1(C(=O)OC2(CCC=O)CCCCC2)CCCCC1. The van der Waals surface area contributed by atoms with E-state index < -0.39 is 0 Å². The van der Waals surface area contributed by atoms with Gasteiger partial charge in [-0.25, -0.2) is 0 Å². The average Bonchev–Trinajstić information content (AvgIpc) is 2.47. The van der Waals surface area contributed by atoms with Crippen molar-refractivity contribution >= 4 is 12.3 Å². The zero-order valence-electron chi connectivity index (χ0n) is 12.8. The van der Waals surface area contributed by atoms with Crippen LogP contribution in [-0.2, 0) is 14.3 Å². The third-order valence-corrected chi connectivity index (χ3v) is 5.24. The van der Waals surface area contributed by atoms with E-state index in [0.717, 1.165) is 57.7 Å². The molecule has 3 heteroatoms. The van der Waals surface area contributed by atoms with Gasteiger partial charge in [-0.05, 0) is 51.9 Å². The Balaban J connectivity index is 2.02. The molecule has 0 aromatic carbocycles. The zero-order chi connectivity index (χ0) is 14.5. The smallest absolute Gasteiger partial charge is 0.312 e. The summed E-state index contributed by atoms with van der Waals surface area (Å²) in [7, 11) is 0. The van der Waals surface area contributed by atoms with E-state index in [1.165, 1.54) is 12.8 Å². The quantitative estimate of drug-likeness (QED) is 0.560. The maximum absolute atomic E-state index is 12.6. The number of ether oxygens (including phenoxy) is 1. The van der Waals surface area contributed by atoms with Crippen LogP contribution >= 0.6 is 0 Å². The largest absolute Gasteiger partial charge is 0.459 e. The molecule has 0 atom stereocenters. The van der Waals surface area contributed by atoms with Crippen LogP contribution in [0.1, 0.15) is 84.0 Å². The van der Waals surface area contributed by atoms with Crippen LogP contribution in [0.25, 0.3) is 0 Å². The minimum Gasteiger partial charge on any atom is -0.459 e. The van der Waals surface area contributed by atoms with Crippen molar-refractivity contribution in [3.8, 4) is 0 Å². The predicted octanol–water partition coefficient (Wildman–Crippen LogP) is 4.18. The van der Waals surface area contributed by atoms with Crippen molar-refractivity contribution in [2.45, 2.75) is 89.6 Å². The van der Waals surface area contributed by atoms with Crippen LogP contribution in [0, 0.1) is 5.41 Å². The number of aldehydes is 1. The number of carbonyl (C=O) groups is 2. The molecule has 3 nitrogen and oxygen atoms in total. The molecule has 114 valence electrons. The van der Waals surface area contributed by atoms with E-state index in [4.69, 9.17) is 4.74 Å². The summed E-state index contributed by atoms with van der Waals surface area (Å²) in [5.41, 5.74) is -0.638. The fourth-order valence-electron chi connectivity index (χ4n) is 3.78. The highest BCUT2D eigenvalue weighted by Gasteiger charge is 2.42. The summed E-state index contributed by atoms with van der Waals surface area (Å²) in [6, 6.07) is 0. The van der Waals surface area contributed by atoms with E-state index in [2.05, 4.69) is 6.92 Å². The molecule has 2 fully saturated rings. The first-order valence-corrected chi connectivity index (χ1v) is 8.27. The van der Waals surface area contributed by atoms with E-state index >= 15 is 0 Å². The van der Waals surface area contributed by atoms with E-state index in [1.54, 1.807) is 0 Å². The summed E-state index contributed by atoms with van der Waals surface area (Å²) in [5.74, 6) is -0.00926. The number of hydrogen-bond donors (Lipinski definition) is 0. The van der Waals surface area contributed by atoms with Crippen molar-refractivity contribution in [2.24, 2.45) is 5.41 Å². The van der Waals surface area contributed by atoms with Gasteiger partial charge in [0.25, 0.3) is 0 Å². The summed E-state index contributed by atoms with van der Waals surface area (Å²) >= 11 is 0. The summed E-state index contributed by atoms with van der Waals surface area (Å²) in [6.45, 7) is 2.06. The average molecular weight is 280 g/mol. The molecule has 20 heavy (non-hydrogen) atoms. The van der Waals surface area contributed by atoms with Crippen LogP contribution < -0.4 is 0 Å². The Bertz CT molecular complexity index is 336. The Labute approximate surface area is 122 Å². The Morgan fingerprint density at radius 2 is 1.55 bits per heavy atom. The molecule has 2 saturated carbocycles. The van der Waals surface area contributed by atoms with E-state index in [1.807, 2.05) is 0 Å². The molecule has 0 saturated heterocycles. The monoisotopic (exact) mass is 280 g/mol. The second-order valence-electron chi connectivity index (χ2n) is 6.96. The van der Waals surface area contributed by atoms with Gasteiger partial charge in [-0.1, -0.05) is 25.7 Å². The lowest BCUT2D eigenvalue weighted by atomic mass is 9.75. The van der Waals surface area contributed by atoms with Crippen LogP contribution in [0.2, 0.25) is 0 Å². The lowest BCUT2D eigenvalue weighted by molar-refractivity contribution is -0.178. The maximum Gasteiger partial charge on any atom is 0.312 e. The molecule has 2 aliphatic rings. The molecular weight excluding hydrogens is 252 g/mol. The predicted molar refractivity (Wildman–Crippen MR) is 78.4 cm³/mol. The molecule has 0 heterocycles. The highest BCUT2D eigenvalue weighted by Crippen LogP contribution is 2.41. The zero-order valence-corrected chi connectivity index (χ0v) is 12.8. The summed E-state index contributed by atoms with van der Waals surface area (Å²) < 4.78 is 6.03. The van der Waals surface area contributed by atoms with Crippen molar-refractivity contribution < 1.29 is 14.3 Å². The van der Waals surface area contributed by atoms with E-state index in [9.17, 15) is 9.59 Å².